The Morgan fingerprint density at radius 2 is 1.61 bits per heavy atom. The van der Waals surface area contributed by atoms with Gasteiger partial charge in [0.15, 0.2) is 0 Å². The van der Waals surface area contributed by atoms with Crippen LogP contribution in [0.5, 0.6) is 0 Å². The summed E-state index contributed by atoms with van der Waals surface area (Å²) in [5.41, 5.74) is 1.47. The second kappa shape index (κ2) is 8.50. The van der Waals surface area contributed by atoms with Gasteiger partial charge in [0, 0.05) is 23.2 Å². The zero-order valence-electron chi connectivity index (χ0n) is 15.5. The molecule has 3 aromatic rings. The molecule has 0 atom stereocenters. The van der Waals surface area contributed by atoms with Crippen LogP contribution in [0.4, 0.5) is 11.4 Å². The number of benzene rings is 3. The van der Waals surface area contributed by atoms with E-state index < -0.39 is 10.0 Å². The highest BCUT2D eigenvalue weighted by atomic mass is 32.2. The number of para-hydroxylation sites is 1. The van der Waals surface area contributed by atoms with E-state index in [0.29, 0.717) is 11.4 Å². The smallest absolute Gasteiger partial charge is 0.264 e. The molecule has 0 bridgehead atoms. The molecular formula is C21H20N2O3S2. The van der Waals surface area contributed by atoms with Crippen molar-refractivity contribution in [2.45, 2.75) is 9.79 Å². The average molecular weight is 413 g/mol. The van der Waals surface area contributed by atoms with Gasteiger partial charge in [-0.3, -0.25) is 9.10 Å². The lowest BCUT2D eigenvalue weighted by Crippen LogP contribution is -2.26. The molecule has 3 rings (SSSR count). The summed E-state index contributed by atoms with van der Waals surface area (Å²) in [6, 6.07) is 22.3. The molecule has 5 nitrogen and oxygen atoms in total. The highest BCUT2D eigenvalue weighted by Gasteiger charge is 2.22. The van der Waals surface area contributed by atoms with Crippen LogP contribution in [-0.4, -0.2) is 27.6 Å². The van der Waals surface area contributed by atoms with Gasteiger partial charge >= 0.3 is 0 Å². The fraction of sp³-hybridized carbons (Fsp3) is 0.0952. The first-order chi connectivity index (χ1) is 13.4. The van der Waals surface area contributed by atoms with Crippen LogP contribution in [0.2, 0.25) is 0 Å². The standard InChI is InChI=1S/C21H20N2O3S2/c1-23(18-8-4-3-5-9-18)28(25,26)20-10-6-7-16(15-20)21(24)22-17-11-13-19(27-2)14-12-17/h3-15H,1-2H3,(H,22,24). The maximum atomic E-state index is 12.9. The molecule has 0 saturated heterocycles. The number of sulfonamides is 1. The quantitative estimate of drug-likeness (QED) is 0.606. The minimum Gasteiger partial charge on any atom is -0.322 e. The van der Waals surface area contributed by atoms with Crippen LogP contribution in [0.25, 0.3) is 0 Å². The number of nitrogens with one attached hydrogen (secondary N) is 1. The Bertz CT molecular complexity index is 1070. The van der Waals surface area contributed by atoms with Crippen molar-refractivity contribution in [1.82, 2.24) is 0 Å². The Morgan fingerprint density at radius 3 is 2.25 bits per heavy atom. The predicted molar refractivity (Wildman–Crippen MR) is 115 cm³/mol. The lowest BCUT2D eigenvalue weighted by molar-refractivity contribution is 0.102. The molecule has 7 heteroatoms. The zero-order chi connectivity index (χ0) is 20.1. The summed E-state index contributed by atoms with van der Waals surface area (Å²) in [5, 5.41) is 2.79. The van der Waals surface area contributed by atoms with Gasteiger partial charge in [0.2, 0.25) is 0 Å². The number of hydrogen-bond donors (Lipinski definition) is 1. The molecule has 0 aliphatic carbocycles. The van der Waals surface area contributed by atoms with Crippen molar-refractivity contribution in [3.63, 3.8) is 0 Å². The van der Waals surface area contributed by atoms with E-state index in [9.17, 15) is 13.2 Å². The molecule has 0 heterocycles. The van der Waals surface area contributed by atoms with Crippen molar-refractivity contribution in [2.75, 3.05) is 22.9 Å². The van der Waals surface area contributed by atoms with Crippen LogP contribution < -0.4 is 9.62 Å². The van der Waals surface area contributed by atoms with Crippen molar-refractivity contribution in [1.29, 1.82) is 0 Å². The normalized spacial score (nSPS) is 11.1. The number of thioether (sulfide) groups is 1. The SMILES string of the molecule is CSc1ccc(NC(=O)c2cccc(S(=O)(=O)N(C)c3ccccc3)c2)cc1. The summed E-state index contributed by atoms with van der Waals surface area (Å²) >= 11 is 1.61. The van der Waals surface area contributed by atoms with Crippen LogP contribution in [0, 0.1) is 0 Å². The fourth-order valence-corrected chi connectivity index (χ4v) is 4.26. The predicted octanol–water partition coefficient (Wildman–Crippen LogP) is 4.49. The summed E-state index contributed by atoms with van der Waals surface area (Å²) in [7, 11) is -2.29. The molecule has 0 aliphatic heterocycles. The Morgan fingerprint density at radius 1 is 0.929 bits per heavy atom. The molecule has 3 aromatic carbocycles. The third kappa shape index (κ3) is 4.37. The zero-order valence-corrected chi connectivity index (χ0v) is 17.1. The summed E-state index contributed by atoms with van der Waals surface area (Å²) in [4.78, 5) is 13.7. The van der Waals surface area contributed by atoms with Gasteiger partial charge in [0.1, 0.15) is 0 Å². The highest BCUT2D eigenvalue weighted by molar-refractivity contribution is 7.98. The van der Waals surface area contributed by atoms with Crippen molar-refractivity contribution in [3.05, 3.63) is 84.4 Å². The Balaban J connectivity index is 1.83. The molecule has 1 amide bonds. The fourth-order valence-electron chi connectivity index (χ4n) is 2.61. The number of nitrogens with zero attached hydrogens (tertiary/aromatic N) is 1. The van der Waals surface area contributed by atoms with E-state index in [4.69, 9.17) is 0 Å². The van der Waals surface area contributed by atoms with Gasteiger partial charge in [-0.1, -0.05) is 24.3 Å². The largest absolute Gasteiger partial charge is 0.322 e. The van der Waals surface area contributed by atoms with Crippen molar-refractivity contribution in [2.24, 2.45) is 0 Å². The summed E-state index contributed by atoms with van der Waals surface area (Å²) in [6.07, 6.45) is 1.98. The van der Waals surface area contributed by atoms with Gasteiger partial charge in [-0.15, -0.1) is 11.8 Å². The molecule has 0 saturated carbocycles. The monoisotopic (exact) mass is 412 g/mol. The van der Waals surface area contributed by atoms with Gasteiger partial charge in [-0.2, -0.15) is 0 Å². The van der Waals surface area contributed by atoms with E-state index in [0.717, 1.165) is 4.90 Å². The molecule has 0 aliphatic rings. The molecular weight excluding hydrogens is 392 g/mol. The number of anilines is 2. The van der Waals surface area contributed by atoms with Gasteiger partial charge in [0.25, 0.3) is 15.9 Å². The summed E-state index contributed by atoms with van der Waals surface area (Å²) < 4.78 is 27.1. The number of amides is 1. The minimum atomic E-state index is -3.78. The van der Waals surface area contributed by atoms with E-state index in [2.05, 4.69) is 5.32 Å². The van der Waals surface area contributed by atoms with E-state index in [1.54, 1.807) is 48.2 Å². The highest BCUT2D eigenvalue weighted by Crippen LogP contribution is 2.23. The van der Waals surface area contributed by atoms with Gasteiger partial charge in [0.05, 0.1) is 10.6 Å². The Labute approximate surface area is 169 Å². The Kier molecular flexibility index (Phi) is 6.06. The van der Waals surface area contributed by atoms with Crippen molar-refractivity contribution >= 4 is 39.1 Å². The number of carbonyl (C=O) groups excluding carboxylic acids is 1. The maximum Gasteiger partial charge on any atom is 0.264 e. The minimum absolute atomic E-state index is 0.0595. The second-order valence-corrected chi connectivity index (χ2v) is 8.87. The third-order valence-electron chi connectivity index (χ3n) is 4.22. The van der Waals surface area contributed by atoms with Gasteiger partial charge in [-0.25, -0.2) is 8.42 Å². The molecule has 0 radical (unpaired) electrons. The lowest BCUT2D eigenvalue weighted by Gasteiger charge is -2.19. The van der Waals surface area contributed by atoms with E-state index >= 15 is 0 Å². The number of carbonyl (C=O) groups is 1. The van der Waals surface area contributed by atoms with Crippen molar-refractivity contribution in [3.8, 4) is 0 Å². The van der Waals surface area contributed by atoms with E-state index in [-0.39, 0.29) is 16.4 Å². The summed E-state index contributed by atoms with van der Waals surface area (Å²) in [6.45, 7) is 0. The van der Waals surface area contributed by atoms with Crippen LogP contribution in [0.3, 0.4) is 0 Å². The lowest BCUT2D eigenvalue weighted by atomic mass is 10.2. The number of hydrogen-bond acceptors (Lipinski definition) is 4. The topological polar surface area (TPSA) is 66.5 Å². The van der Waals surface area contributed by atoms with Crippen LogP contribution >= 0.6 is 11.8 Å². The van der Waals surface area contributed by atoms with E-state index in [1.807, 2.05) is 36.6 Å². The second-order valence-electron chi connectivity index (χ2n) is 6.02. The first kappa shape index (κ1) is 20.0. The van der Waals surface area contributed by atoms with Crippen LogP contribution in [0.15, 0.2) is 88.7 Å². The molecule has 0 aromatic heterocycles. The molecule has 28 heavy (non-hydrogen) atoms. The Hall–Kier alpha value is -2.77. The molecule has 0 unspecified atom stereocenters. The first-order valence-corrected chi connectivity index (χ1v) is 11.2. The third-order valence-corrected chi connectivity index (χ3v) is 6.75. The van der Waals surface area contributed by atoms with Gasteiger partial charge in [-0.05, 0) is 60.9 Å². The molecule has 1 N–H and O–H groups in total. The molecule has 0 spiro atoms. The maximum absolute atomic E-state index is 12.9. The molecule has 144 valence electrons. The van der Waals surface area contributed by atoms with Crippen molar-refractivity contribution < 1.29 is 13.2 Å². The first-order valence-electron chi connectivity index (χ1n) is 8.51. The van der Waals surface area contributed by atoms with Crippen LogP contribution in [-0.2, 0) is 10.0 Å². The van der Waals surface area contributed by atoms with Gasteiger partial charge < -0.3 is 5.32 Å². The number of rotatable bonds is 6. The van der Waals surface area contributed by atoms with E-state index in [1.165, 1.54) is 23.5 Å². The molecule has 0 fully saturated rings. The van der Waals surface area contributed by atoms with Crippen LogP contribution in [0.1, 0.15) is 10.4 Å². The average Bonchev–Trinajstić information content (AvgIpc) is 2.74. The summed E-state index contributed by atoms with van der Waals surface area (Å²) in [5.74, 6) is -0.365.